The Balaban J connectivity index is 2.22. The second-order valence-electron chi connectivity index (χ2n) is 4.08. The highest BCUT2D eigenvalue weighted by molar-refractivity contribution is 8.00. The number of hydrogen-bond donors (Lipinski definition) is 1. The smallest absolute Gasteiger partial charge is 0.247 e. The highest BCUT2D eigenvalue weighted by Gasteiger charge is 2.39. The number of carbonyl (C=O) groups excluding carboxylic acids is 2. The van der Waals surface area contributed by atoms with Crippen LogP contribution < -0.4 is 10.6 Å². The van der Waals surface area contributed by atoms with Crippen LogP contribution in [0.15, 0.2) is 18.2 Å². The van der Waals surface area contributed by atoms with Crippen molar-refractivity contribution in [1.29, 1.82) is 0 Å². The maximum atomic E-state index is 12.2. The summed E-state index contributed by atoms with van der Waals surface area (Å²) in [5, 5.41) is 0.407. The minimum atomic E-state index is -0.316. The van der Waals surface area contributed by atoms with Crippen molar-refractivity contribution in [2.45, 2.75) is 11.7 Å². The third kappa shape index (κ3) is 3.05. The van der Waals surface area contributed by atoms with E-state index in [1.54, 1.807) is 12.1 Å². The number of rotatable bonds is 4. The van der Waals surface area contributed by atoms with Gasteiger partial charge in [-0.2, -0.15) is 0 Å². The SMILES string of the molecule is [NH3+]CCS[C@@H]1CC(=O)N(c2ccc(Cl)c(Cl)c2)C1=O. The molecule has 1 aromatic rings. The summed E-state index contributed by atoms with van der Waals surface area (Å²) in [4.78, 5) is 25.3. The molecule has 0 aromatic heterocycles. The van der Waals surface area contributed by atoms with Crippen LogP contribution in [-0.2, 0) is 9.59 Å². The Bertz CT molecular complexity index is 524. The number of halogens is 2. The molecule has 0 aliphatic carbocycles. The van der Waals surface area contributed by atoms with Crippen LogP contribution in [0, 0.1) is 0 Å². The fraction of sp³-hybridized carbons (Fsp3) is 0.333. The van der Waals surface area contributed by atoms with E-state index < -0.39 is 0 Å². The maximum Gasteiger partial charge on any atom is 0.247 e. The van der Waals surface area contributed by atoms with Gasteiger partial charge in [-0.3, -0.25) is 9.59 Å². The van der Waals surface area contributed by atoms with Crippen molar-refractivity contribution < 1.29 is 15.3 Å². The predicted molar refractivity (Wildman–Crippen MR) is 77.6 cm³/mol. The Morgan fingerprint density at radius 3 is 2.68 bits per heavy atom. The van der Waals surface area contributed by atoms with Gasteiger partial charge in [-0.05, 0) is 18.2 Å². The molecule has 0 radical (unpaired) electrons. The summed E-state index contributed by atoms with van der Waals surface area (Å²) in [6, 6.07) is 4.74. The summed E-state index contributed by atoms with van der Waals surface area (Å²) >= 11 is 13.2. The second-order valence-corrected chi connectivity index (χ2v) is 6.21. The third-order valence-electron chi connectivity index (χ3n) is 2.73. The number of anilines is 1. The average molecular weight is 320 g/mol. The van der Waals surface area contributed by atoms with Gasteiger partial charge in [0.05, 0.1) is 27.5 Å². The minimum absolute atomic E-state index is 0.193. The first-order valence-corrected chi connectivity index (χ1v) is 7.57. The van der Waals surface area contributed by atoms with Gasteiger partial charge in [0.25, 0.3) is 0 Å². The number of quaternary nitrogens is 1. The lowest BCUT2D eigenvalue weighted by atomic mass is 10.3. The molecule has 19 heavy (non-hydrogen) atoms. The monoisotopic (exact) mass is 319 g/mol. The zero-order valence-corrected chi connectivity index (χ0v) is 12.4. The van der Waals surface area contributed by atoms with Gasteiger partial charge >= 0.3 is 0 Å². The van der Waals surface area contributed by atoms with Gasteiger partial charge in [-0.1, -0.05) is 23.2 Å². The van der Waals surface area contributed by atoms with E-state index in [2.05, 4.69) is 5.73 Å². The Kier molecular flexibility index (Phi) is 4.73. The topological polar surface area (TPSA) is 65.0 Å². The molecule has 2 rings (SSSR count). The molecule has 0 unspecified atom stereocenters. The molecular weight excluding hydrogens is 307 g/mol. The van der Waals surface area contributed by atoms with Gasteiger partial charge in [0.15, 0.2) is 0 Å². The number of hydrogen-bond acceptors (Lipinski definition) is 3. The molecule has 4 nitrogen and oxygen atoms in total. The molecule has 1 heterocycles. The van der Waals surface area contributed by atoms with E-state index in [9.17, 15) is 9.59 Å². The van der Waals surface area contributed by atoms with Crippen LogP contribution in [0.25, 0.3) is 0 Å². The summed E-state index contributed by atoms with van der Waals surface area (Å²) < 4.78 is 0. The van der Waals surface area contributed by atoms with E-state index >= 15 is 0 Å². The number of nitrogens with zero attached hydrogens (tertiary/aromatic N) is 1. The molecule has 1 atom stereocenters. The number of benzene rings is 1. The quantitative estimate of drug-likeness (QED) is 0.857. The Hall–Kier alpha value is -0.750. The first kappa shape index (κ1) is 14.7. The van der Waals surface area contributed by atoms with Crippen LogP contribution in [0.3, 0.4) is 0 Å². The van der Waals surface area contributed by atoms with Gasteiger partial charge in [0.1, 0.15) is 0 Å². The number of thioether (sulfide) groups is 1. The molecule has 1 saturated heterocycles. The molecule has 1 aliphatic rings. The molecule has 2 amide bonds. The molecule has 3 N–H and O–H groups in total. The summed E-state index contributed by atoms with van der Waals surface area (Å²) in [6.07, 6.45) is 0.226. The lowest BCUT2D eigenvalue weighted by Crippen LogP contribution is -2.51. The van der Waals surface area contributed by atoms with Crippen LogP contribution in [0.4, 0.5) is 5.69 Å². The molecule has 102 valence electrons. The van der Waals surface area contributed by atoms with Crippen molar-refractivity contribution in [3.05, 3.63) is 28.2 Å². The second kappa shape index (κ2) is 6.13. The Morgan fingerprint density at radius 1 is 1.32 bits per heavy atom. The van der Waals surface area contributed by atoms with Gasteiger partial charge < -0.3 is 5.73 Å². The van der Waals surface area contributed by atoms with Crippen molar-refractivity contribution in [1.82, 2.24) is 0 Å². The van der Waals surface area contributed by atoms with Gasteiger partial charge in [0, 0.05) is 12.2 Å². The van der Waals surface area contributed by atoms with Crippen LogP contribution in [0.1, 0.15) is 6.42 Å². The average Bonchev–Trinajstić information content (AvgIpc) is 2.65. The number of carbonyl (C=O) groups is 2. The first-order chi connectivity index (χ1) is 9.04. The van der Waals surface area contributed by atoms with E-state index in [-0.39, 0.29) is 23.5 Å². The minimum Gasteiger partial charge on any atom is -0.357 e. The molecule has 1 aromatic carbocycles. The highest BCUT2D eigenvalue weighted by Crippen LogP contribution is 2.32. The van der Waals surface area contributed by atoms with Crippen molar-refractivity contribution >= 4 is 52.5 Å². The van der Waals surface area contributed by atoms with E-state index in [0.29, 0.717) is 15.7 Å². The van der Waals surface area contributed by atoms with E-state index in [1.807, 2.05) is 0 Å². The first-order valence-electron chi connectivity index (χ1n) is 5.77. The van der Waals surface area contributed by atoms with E-state index in [1.165, 1.54) is 22.7 Å². The highest BCUT2D eigenvalue weighted by atomic mass is 35.5. The van der Waals surface area contributed by atoms with E-state index in [0.717, 1.165) is 12.3 Å². The Morgan fingerprint density at radius 2 is 2.05 bits per heavy atom. The third-order valence-corrected chi connectivity index (χ3v) is 4.76. The molecule has 1 fully saturated rings. The van der Waals surface area contributed by atoms with Gasteiger partial charge in [0.2, 0.25) is 11.8 Å². The lowest BCUT2D eigenvalue weighted by Gasteiger charge is -2.15. The largest absolute Gasteiger partial charge is 0.357 e. The predicted octanol–water partition coefficient (Wildman–Crippen LogP) is 1.60. The van der Waals surface area contributed by atoms with E-state index in [4.69, 9.17) is 23.2 Å². The fourth-order valence-corrected chi connectivity index (χ4v) is 3.11. The zero-order valence-electron chi connectivity index (χ0n) is 10.1. The van der Waals surface area contributed by atoms with Crippen molar-refractivity contribution in [2.24, 2.45) is 0 Å². The van der Waals surface area contributed by atoms with Crippen molar-refractivity contribution in [3.8, 4) is 0 Å². The van der Waals surface area contributed by atoms with Crippen LogP contribution >= 0.6 is 35.0 Å². The van der Waals surface area contributed by atoms with Crippen LogP contribution in [-0.4, -0.2) is 29.4 Å². The molecular formula is C12H13Cl2N2O2S+. The van der Waals surface area contributed by atoms with Crippen LogP contribution in [0.5, 0.6) is 0 Å². The van der Waals surface area contributed by atoms with Crippen molar-refractivity contribution in [2.75, 3.05) is 17.2 Å². The number of imide groups is 1. The summed E-state index contributed by atoms with van der Waals surface area (Å²) in [5.74, 6) is 0.366. The summed E-state index contributed by atoms with van der Waals surface area (Å²) in [5.41, 5.74) is 4.20. The standard InChI is InChI=1S/C12H12Cl2N2O2S/c13-8-2-1-7(5-9(8)14)16-11(17)6-10(12(16)18)19-4-3-15/h1-2,5,10H,3-4,6,15H2/p+1/t10-/m1/s1. The number of amides is 2. The fourth-order valence-electron chi connectivity index (χ4n) is 1.86. The molecule has 0 saturated carbocycles. The van der Waals surface area contributed by atoms with Crippen LogP contribution in [0.2, 0.25) is 10.0 Å². The lowest BCUT2D eigenvalue weighted by molar-refractivity contribution is -0.360. The molecule has 1 aliphatic heterocycles. The van der Waals surface area contributed by atoms with Gasteiger partial charge in [-0.25, -0.2) is 4.90 Å². The zero-order chi connectivity index (χ0) is 14.0. The van der Waals surface area contributed by atoms with Crippen molar-refractivity contribution in [3.63, 3.8) is 0 Å². The van der Waals surface area contributed by atoms with Gasteiger partial charge in [-0.15, -0.1) is 11.8 Å². The maximum absolute atomic E-state index is 12.2. The molecule has 0 spiro atoms. The molecule has 0 bridgehead atoms. The molecule has 7 heteroatoms. The Labute approximate surface area is 125 Å². The normalized spacial score (nSPS) is 19.3. The summed E-state index contributed by atoms with van der Waals surface area (Å²) in [6.45, 7) is 0.732. The summed E-state index contributed by atoms with van der Waals surface area (Å²) in [7, 11) is 0.